The van der Waals surface area contributed by atoms with Gasteiger partial charge in [-0.25, -0.2) is 8.42 Å². The van der Waals surface area contributed by atoms with Crippen LogP contribution in [0.2, 0.25) is 0 Å². The van der Waals surface area contributed by atoms with Crippen LogP contribution in [0.4, 0.5) is 0 Å². The molecule has 27 heavy (non-hydrogen) atoms. The van der Waals surface area contributed by atoms with E-state index < -0.39 is 10.0 Å². The maximum absolute atomic E-state index is 13.1. The lowest BCUT2D eigenvalue weighted by Gasteiger charge is -2.31. The van der Waals surface area contributed by atoms with Gasteiger partial charge in [-0.15, -0.1) is 5.10 Å². The van der Waals surface area contributed by atoms with Crippen molar-refractivity contribution in [2.45, 2.75) is 30.8 Å². The summed E-state index contributed by atoms with van der Waals surface area (Å²) in [6, 6.07) is 12.5. The summed E-state index contributed by atoms with van der Waals surface area (Å²) in [6.45, 7) is 2.66. The van der Waals surface area contributed by atoms with Crippen molar-refractivity contribution in [1.29, 1.82) is 0 Å². The Morgan fingerprint density at radius 1 is 1.04 bits per heavy atom. The minimum Gasteiger partial charge on any atom is -0.473 e. The smallest absolute Gasteiger partial charge is 0.245 e. The van der Waals surface area contributed by atoms with Crippen LogP contribution >= 0.6 is 0 Å². The second kappa shape index (κ2) is 7.21. The Morgan fingerprint density at radius 3 is 2.56 bits per heavy atom. The number of aryl methyl sites for hydroxylation is 1. The Kier molecular flexibility index (Phi) is 4.75. The van der Waals surface area contributed by atoms with Crippen LogP contribution in [-0.2, 0) is 10.0 Å². The first-order valence-electron chi connectivity index (χ1n) is 8.85. The van der Waals surface area contributed by atoms with Gasteiger partial charge in [-0.05, 0) is 38.0 Å². The number of benzene rings is 1. The third-order valence-corrected chi connectivity index (χ3v) is 6.61. The lowest BCUT2D eigenvalue weighted by molar-refractivity contribution is 0.128. The molecule has 3 aromatic rings. The summed E-state index contributed by atoms with van der Waals surface area (Å²) in [5, 5.41) is 8.80. The van der Waals surface area contributed by atoms with Gasteiger partial charge in [0.05, 0.1) is 11.2 Å². The third kappa shape index (κ3) is 3.63. The molecule has 0 spiro atoms. The fourth-order valence-corrected chi connectivity index (χ4v) is 4.87. The van der Waals surface area contributed by atoms with Gasteiger partial charge in [-0.2, -0.15) is 9.40 Å². The van der Waals surface area contributed by atoms with E-state index in [1.165, 1.54) is 4.31 Å². The number of aromatic nitrogens is 3. The van der Waals surface area contributed by atoms with Crippen molar-refractivity contribution >= 4 is 20.9 Å². The summed E-state index contributed by atoms with van der Waals surface area (Å²) in [5.74, 6) is 0.472. The zero-order valence-electron chi connectivity index (χ0n) is 14.9. The highest BCUT2D eigenvalue weighted by Crippen LogP contribution is 2.27. The van der Waals surface area contributed by atoms with Crippen molar-refractivity contribution in [1.82, 2.24) is 19.5 Å². The van der Waals surface area contributed by atoms with E-state index in [1.54, 1.807) is 30.5 Å². The standard InChI is InChI=1S/C19H20N4O3S/c1-14-7-8-18(22-21-14)26-16-9-12-23(13-10-16)27(24,25)17-6-2-4-15-5-3-11-20-19(15)17/h2-8,11,16H,9-10,12-13H2,1H3. The van der Waals surface area contributed by atoms with E-state index >= 15 is 0 Å². The van der Waals surface area contributed by atoms with Crippen molar-refractivity contribution in [2.75, 3.05) is 13.1 Å². The van der Waals surface area contributed by atoms with E-state index in [1.807, 2.05) is 25.1 Å². The van der Waals surface area contributed by atoms with Gasteiger partial charge in [0.1, 0.15) is 11.0 Å². The molecule has 0 amide bonds. The number of piperidine rings is 1. The van der Waals surface area contributed by atoms with Gasteiger partial charge in [0.2, 0.25) is 15.9 Å². The number of hydrogen-bond acceptors (Lipinski definition) is 6. The topological polar surface area (TPSA) is 85.3 Å². The number of hydrogen-bond donors (Lipinski definition) is 0. The molecule has 0 saturated carbocycles. The van der Waals surface area contributed by atoms with Crippen LogP contribution in [0.3, 0.4) is 0 Å². The molecule has 0 aliphatic carbocycles. The van der Waals surface area contributed by atoms with Crippen LogP contribution in [0.5, 0.6) is 5.88 Å². The van der Waals surface area contributed by atoms with Crippen LogP contribution in [0.15, 0.2) is 53.6 Å². The number of fused-ring (bicyclic) bond motifs is 1. The van der Waals surface area contributed by atoms with Gasteiger partial charge in [0, 0.05) is 30.7 Å². The molecule has 1 saturated heterocycles. The number of ether oxygens (including phenoxy) is 1. The summed E-state index contributed by atoms with van der Waals surface area (Å²) in [5.41, 5.74) is 1.33. The summed E-state index contributed by atoms with van der Waals surface area (Å²) in [7, 11) is -3.60. The van der Waals surface area contributed by atoms with E-state index in [4.69, 9.17) is 4.74 Å². The molecule has 0 radical (unpaired) electrons. The van der Waals surface area contributed by atoms with Crippen molar-refractivity contribution in [3.8, 4) is 5.88 Å². The SMILES string of the molecule is Cc1ccc(OC2CCN(S(=O)(=O)c3cccc4cccnc34)CC2)nn1. The fraction of sp³-hybridized carbons (Fsp3) is 0.316. The fourth-order valence-electron chi connectivity index (χ4n) is 3.23. The molecule has 1 aliphatic rings. The van der Waals surface area contributed by atoms with Crippen LogP contribution in [-0.4, -0.2) is 47.1 Å². The molecule has 2 aromatic heterocycles. The Balaban J connectivity index is 1.49. The van der Waals surface area contributed by atoms with E-state index in [-0.39, 0.29) is 11.0 Å². The van der Waals surface area contributed by atoms with Crippen LogP contribution in [0.1, 0.15) is 18.5 Å². The molecule has 8 heteroatoms. The molecule has 1 aromatic carbocycles. The summed E-state index contributed by atoms with van der Waals surface area (Å²) in [6.07, 6.45) is 2.75. The van der Waals surface area contributed by atoms with E-state index in [9.17, 15) is 8.42 Å². The second-order valence-corrected chi connectivity index (χ2v) is 8.47. The maximum Gasteiger partial charge on any atom is 0.245 e. The summed E-state index contributed by atoms with van der Waals surface area (Å²) in [4.78, 5) is 4.53. The molecule has 0 atom stereocenters. The van der Waals surface area contributed by atoms with Crippen LogP contribution in [0, 0.1) is 6.92 Å². The Bertz CT molecular complexity index is 1040. The Morgan fingerprint density at radius 2 is 1.81 bits per heavy atom. The maximum atomic E-state index is 13.1. The Hall–Kier alpha value is -2.58. The molecule has 0 bridgehead atoms. The predicted octanol–water partition coefficient (Wildman–Crippen LogP) is 2.57. The number of pyridine rings is 1. The van der Waals surface area contributed by atoms with Gasteiger partial charge in [-0.1, -0.05) is 18.2 Å². The van der Waals surface area contributed by atoms with E-state index in [2.05, 4.69) is 15.2 Å². The van der Waals surface area contributed by atoms with Gasteiger partial charge in [0.15, 0.2) is 0 Å². The zero-order valence-corrected chi connectivity index (χ0v) is 15.8. The lowest BCUT2D eigenvalue weighted by Crippen LogP contribution is -2.41. The van der Waals surface area contributed by atoms with Crippen molar-refractivity contribution in [3.05, 3.63) is 54.4 Å². The molecule has 1 fully saturated rings. The number of nitrogens with zero attached hydrogens (tertiary/aromatic N) is 4. The van der Waals surface area contributed by atoms with Gasteiger partial charge < -0.3 is 4.74 Å². The van der Waals surface area contributed by atoms with Gasteiger partial charge in [0.25, 0.3) is 0 Å². The first-order chi connectivity index (χ1) is 13.0. The van der Waals surface area contributed by atoms with Gasteiger partial charge >= 0.3 is 0 Å². The lowest BCUT2D eigenvalue weighted by atomic mass is 10.1. The molecular weight excluding hydrogens is 364 g/mol. The minimum atomic E-state index is -3.60. The molecule has 7 nitrogen and oxygen atoms in total. The minimum absolute atomic E-state index is 0.0703. The third-order valence-electron chi connectivity index (χ3n) is 4.68. The second-order valence-electron chi connectivity index (χ2n) is 6.57. The molecule has 1 aliphatic heterocycles. The summed E-state index contributed by atoms with van der Waals surface area (Å²) >= 11 is 0. The Labute approximate surface area is 158 Å². The van der Waals surface area contributed by atoms with Crippen LogP contribution in [0.25, 0.3) is 10.9 Å². The molecular formula is C19H20N4O3S. The average molecular weight is 384 g/mol. The van der Waals surface area contributed by atoms with Gasteiger partial charge in [-0.3, -0.25) is 4.98 Å². The zero-order chi connectivity index (χ0) is 18.9. The largest absolute Gasteiger partial charge is 0.473 e. The monoisotopic (exact) mass is 384 g/mol. The normalized spacial score (nSPS) is 16.5. The molecule has 4 rings (SSSR count). The van der Waals surface area contributed by atoms with E-state index in [0.717, 1.165) is 11.1 Å². The molecule has 0 N–H and O–H groups in total. The quantitative estimate of drug-likeness (QED) is 0.687. The molecule has 0 unspecified atom stereocenters. The first-order valence-corrected chi connectivity index (χ1v) is 10.3. The highest BCUT2D eigenvalue weighted by Gasteiger charge is 2.31. The highest BCUT2D eigenvalue weighted by molar-refractivity contribution is 7.89. The van der Waals surface area contributed by atoms with Crippen LogP contribution < -0.4 is 4.74 Å². The average Bonchev–Trinajstić information content (AvgIpc) is 2.70. The van der Waals surface area contributed by atoms with Crippen molar-refractivity contribution in [3.63, 3.8) is 0 Å². The number of sulfonamides is 1. The van der Waals surface area contributed by atoms with E-state index in [0.29, 0.717) is 37.3 Å². The summed E-state index contributed by atoms with van der Waals surface area (Å²) < 4.78 is 33.6. The van der Waals surface area contributed by atoms with Crippen molar-refractivity contribution in [2.24, 2.45) is 0 Å². The predicted molar refractivity (Wildman–Crippen MR) is 101 cm³/mol. The molecule has 3 heterocycles. The number of para-hydroxylation sites is 1. The highest BCUT2D eigenvalue weighted by atomic mass is 32.2. The first kappa shape index (κ1) is 17.8. The number of rotatable bonds is 4. The van der Waals surface area contributed by atoms with Crippen molar-refractivity contribution < 1.29 is 13.2 Å². The molecule has 140 valence electrons.